The van der Waals surface area contributed by atoms with Gasteiger partial charge in [-0.3, -0.25) is 0 Å². The molecule has 5 nitrogen and oxygen atoms in total. The molecular weight excluding hydrogens is 368 g/mol. The molecule has 0 aliphatic rings. The third kappa shape index (κ3) is 8.48. The van der Waals surface area contributed by atoms with Crippen molar-refractivity contribution >= 4 is 0 Å². The summed E-state index contributed by atoms with van der Waals surface area (Å²) < 4.78 is 28.8. The predicted octanol–water partition coefficient (Wildman–Crippen LogP) is 4.37. The maximum atomic E-state index is 6.22. The lowest BCUT2D eigenvalue weighted by atomic mass is 10.0. The molecule has 0 atom stereocenters. The molecule has 5 heteroatoms. The van der Waals surface area contributed by atoms with Crippen LogP contribution >= 0.6 is 0 Å². The van der Waals surface area contributed by atoms with Crippen molar-refractivity contribution in [2.45, 2.75) is 31.5 Å². The Balaban J connectivity index is 2.00. The van der Waals surface area contributed by atoms with Gasteiger partial charge >= 0.3 is 0 Å². The minimum atomic E-state index is -0.680. The Hall–Kier alpha value is -2.02. The first kappa shape index (κ1) is 23.3. The van der Waals surface area contributed by atoms with Crippen LogP contribution in [0.1, 0.15) is 17.5 Å². The smallest absolute Gasteiger partial charge is 0.180 e. The van der Waals surface area contributed by atoms with E-state index < -0.39 is 11.9 Å². The molecule has 0 radical (unpaired) electrons. The summed E-state index contributed by atoms with van der Waals surface area (Å²) in [6, 6.07) is 20.1. The van der Waals surface area contributed by atoms with Crippen LogP contribution < -0.4 is 0 Å². The first-order valence-electron chi connectivity index (χ1n) is 9.75. The van der Waals surface area contributed by atoms with Crippen molar-refractivity contribution in [1.29, 1.82) is 0 Å². The zero-order valence-electron chi connectivity index (χ0n) is 17.4. The maximum absolute atomic E-state index is 6.22. The molecule has 0 fully saturated rings. The van der Waals surface area contributed by atoms with E-state index in [1.165, 1.54) is 0 Å². The van der Waals surface area contributed by atoms with Gasteiger partial charge in [-0.05, 0) is 17.5 Å². The van der Waals surface area contributed by atoms with E-state index in [1.807, 2.05) is 66.7 Å². The number of methoxy groups -OCH3 is 2. The van der Waals surface area contributed by atoms with E-state index in [2.05, 4.69) is 6.58 Å². The Morgan fingerprint density at radius 1 is 0.828 bits per heavy atom. The summed E-state index contributed by atoms with van der Waals surface area (Å²) >= 11 is 0. The quantitative estimate of drug-likeness (QED) is 0.328. The van der Waals surface area contributed by atoms with Crippen LogP contribution in [-0.4, -0.2) is 45.9 Å². The standard InChI is InChI=1S/C24H32O5/c1-4-15-24(29-18-23(25-2)26-3,19-27-16-21-11-7-5-8-12-21)20-28-17-22-13-9-6-10-14-22/h4-14,23H,1,15-20H2,2-3H3. The molecule has 0 spiro atoms. The second-order valence-corrected chi connectivity index (χ2v) is 6.84. The van der Waals surface area contributed by atoms with E-state index in [-0.39, 0.29) is 6.61 Å². The van der Waals surface area contributed by atoms with Gasteiger partial charge < -0.3 is 23.7 Å². The Morgan fingerprint density at radius 2 is 1.31 bits per heavy atom. The molecule has 158 valence electrons. The average Bonchev–Trinajstić information content (AvgIpc) is 2.76. The van der Waals surface area contributed by atoms with Gasteiger partial charge in [-0.15, -0.1) is 6.58 Å². The third-order valence-corrected chi connectivity index (χ3v) is 4.52. The fourth-order valence-corrected chi connectivity index (χ4v) is 2.90. The summed E-state index contributed by atoms with van der Waals surface area (Å²) in [5.74, 6) is 0. The number of rotatable bonds is 15. The lowest BCUT2D eigenvalue weighted by molar-refractivity contribution is -0.200. The zero-order chi connectivity index (χ0) is 20.8. The molecule has 0 aliphatic carbocycles. The van der Waals surface area contributed by atoms with Crippen LogP contribution in [0.3, 0.4) is 0 Å². The second kappa shape index (κ2) is 13.2. The van der Waals surface area contributed by atoms with Crippen LogP contribution in [0.5, 0.6) is 0 Å². The van der Waals surface area contributed by atoms with Crippen LogP contribution in [0.15, 0.2) is 73.3 Å². The largest absolute Gasteiger partial charge is 0.374 e. The van der Waals surface area contributed by atoms with E-state index in [0.29, 0.717) is 32.8 Å². The molecule has 0 unspecified atom stereocenters. The monoisotopic (exact) mass is 400 g/mol. The first-order chi connectivity index (χ1) is 14.2. The highest BCUT2D eigenvalue weighted by Crippen LogP contribution is 2.21. The Labute approximate surface area is 174 Å². The third-order valence-electron chi connectivity index (χ3n) is 4.52. The molecular formula is C24H32O5. The number of benzene rings is 2. The highest BCUT2D eigenvalue weighted by atomic mass is 16.7. The summed E-state index contributed by atoms with van der Waals surface area (Å²) in [4.78, 5) is 0. The SMILES string of the molecule is C=CCC(COCc1ccccc1)(COCc1ccccc1)OCC(OC)OC. The molecule has 29 heavy (non-hydrogen) atoms. The molecule has 0 aromatic heterocycles. The molecule has 0 saturated carbocycles. The minimum absolute atomic E-state index is 0.268. The summed E-state index contributed by atoms with van der Waals surface area (Å²) in [5, 5.41) is 0. The van der Waals surface area contributed by atoms with E-state index >= 15 is 0 Å². The number of ether oxygens (including phenoxy) is 5. The van der Waals surface area contributed by atoms with Gasteiger partial charge in [0.25, 0.3) is 0 Å². The summed E-state index contributed by atoms with van der Waals surface area (Å²) in [5.41, 5.74) is 1.54. The van der Waals surface area contributed by atoms with Crippen LogP contribution in [0, 0.1) is 0 Å². The van der Waals surface area contributed by atoms with Crippen LogP contribution in [-0.2, 0) is 36.9 Å². The zero-order valence-corrected chi connectivity index (χ0v) is 17.4. The molecule has 0 heterocycles. The van der Waals surface area contributed by atoms with Crippen LogP contribution in [0.2, 0.25) is 0 Å². The minimum Gasteiger partial charge on any atom is -0.374 e. The molecule has 0 aliphatic heterocycles. The van der Waals surface area contributed by atoms with Gasteiger partial charge in [0.15, 0.2) is 6.29 Å². The van der Waals surface area contributed by atoms with E-state index in [4.69, 9.17) is 23.7 Å². The molecule has 0 amide bonds. The summed E-state index contributed by atoms with van der Waals surface area (Å²) in [6.45, 7) is 5.89. The lowest BCUT2D eigenvalue weighted by Crippen LogP contribution is -2.44. The maximum Gasteiger partial charge on any atom is 0.180 e. The Kier molecular flexibility index (Phi) is 10.6. The van der Waals surface area contributed by atoms with Gasteiger partial charge in [-0.25, -0.2) is 0 Å². The van der Waals surface area contributed by atoms with E-state index in [1.54, 1.807) is 14.2 Å². The van der Waals surface area contributed by atoms with E-state index in [0.717, 1.165) is 11.1 Å². The molecule has 0 N–H and O–H groups in total. The van der Waals surface area contributed by atoms with Gasteiger partial charge in [0, 0.05) is 14.2 Å². The van der Waals surface area contributed by atoms with Crippen molar-refractivity contribution in [2.75, 3.05) is 34.0 Å². The number of hydrogen-bond donors (Lipinski definition) is 0. The molecule has 2 aromatic rings. The molecule has 2 rings (SSSR count). The Morgan fingerprint density at radius 3 is 1.72 bits per heavy atom. The average molecular weight is 401 g/mol. The fourth-order valence-electron chi connectivity index (χ4n) is 2.90. The predicted molar refractivity (Wildman–Crippen MR) is 113 cm³/mol. The van der Waals surface area contributed by atoms with Crippen molar-refractivity contribution in [3.63, 3.8) is 0 Å². The van der Waals surface area contributed by atoms with Crippen molar-refractivity contribution in [3.8, 4) is 0 Å². The molecule has 0 bridgehead atoms. The van der Waals surface area contributed by atoms with Crippen LogP contribution in [0.4, 0.5) is 0 Å². The fraction of sp³-hybridized carbons (Fsp3) is 0.417. The highest BCUT2D eigenvalue weighted by Gasteiger charge is 2.32. The summed E-state index contributed by atoms with van der Waals surface area (Å²) in [6.07, 6.45) is 1.95. The summed E-state index contributed by atoms with van der Waals surface area (Å²) in [7, 11) is 3.18. The van der Waals surface area contributed by atoms with Gasteiger partial charge in [0.05, 0.1) is 33.0 Å². The first-order valence-corrected chi connectivity index (χ1v) is 9.75. The lowest BCUT2D eigenvalue weighted by Gasteiger charge is -2.34. The van der Waals surface area contributed by atoms with Crippen molar-refractivity contribution in [3.05, 3.63) is 84.4 Å². The molecule has 0 saturated heterocycles. The van der Waals surface area contributed by atoms with Gasteiger partial charge in [-0.2, -0.15) is 0 Å². The van der Waals surface area contributed by atoms with Gasteiger partial charge in [0.1, 0.15) is 5.60 Å². The van der Waals surface area contributed by atoms with Crippen molar-refractivity contribution < 1.29 is 23.7 Å². The normalized spacial score (nSPS) is 11.7. The van der Waals surface area contributed by atoms with Crippen molar-refractivity contribution in [2.24, 2.45) is 0 Å². The number of hydrogen-bond acceptors (Lipinski definition) is 5. The molecule has 2 aromatic carbocycles. The van der Waals surface area contributed by atoms with E-state index in [9.17, 15) is 0 Å². The van der Waals surface area contributed by atoms with Crippen molar-refractivity contribution in [1.82, 2.24) is 0 Å². The van der Waals surface area contributed by atoms with Gasteiger partial charge in [0.2, 0.25) is 0 Å². The topological polar surface area (TPSA) is 46.2 Å². The second-order valence-electron chi connectivity index (χ2n) is 6.84. The van der Waals surface area contributed by atoms with Crippen LogP contribution in [0.25, 0.3) is 0 Å². The highest BCUT2D eigenvalue weighted by molar-refractivity contribution is 5.14. The Bertz CT molecular complexity index is 625. The van der Waals surface area contributed by atoms with Gasteiger partial charge in [-0.1, -0.05) is 66.7 Å².